The Hall–Kier alpha value is -0.840. The average molecular weight is 287 g/mol. The van der Waals surface area contributed by atoms with Crippen molar-refractivity contribution in [2.45, 2.75) is 26.3 Å². The third kappa shape index (κ3) is 3.57. The Morgan fingerprint density at radius 1 is 1.50 bits per heavy atom. The number of halogens is 1. The van der Waals surface area contributed by atoms with E-state index in [4.69, 9.17) is 34.7 Å². The first kappa shape index (κ1) is 15.2. The number of thiocarbonyl (C=S) groups is 1. The van der Waals surface area contributed by atoms with Crippen molar-refractivity contribution in [1.29, 1.82) is 0 Å². The SMILES string of the molecule is CC(C)N(CCCO)c1cccc(Cl)c1C(N)=S. The van der Waals surface area contributed by atoms with Crippen molar-refractivity contribution in [3.8, 4) is 0 Å². The highest BCUT2D eigenvalue weighted by atomic mass is 35.5. The van der Waals surface area contributed by atoms with E-state index in [-0.39, 0.29) is 12.6 Å². The first-order valence-electron chi connectivity index (χ1n) is 5.94. The lowest BCUT2D eigenvalue weighted by Crippen LogP contribution is -2.34. The maximum atomic E-state index is 8.97. The Kier molecular flexibility index (Phi) is 5.85. The fourth-order valence-electron chi connectivity index (χ4n) is 1.89. The molecule has 0 fully saturated rings. The van der Waals surface area contributed by atoms with Crippen LogP contribution in [0.5, 0.6) is 0 Å². The number of aliphatic hydroxyl groups excluding tert-OH is 1. The smallest absolute Gasteiger partial charge is 0.107 e. The number of hydrogen-bond acceptors (Lipinski definition) is 3. The van der Waals surface area contributed by atoms with Crippen LogP contribution >= 0.6 is 23.8 Å². The fourth-order valence-corrected chi connectivity index (χ4v) is 2.44. The molecule has 0 amide bonds. The van der Waals surface area contributed by atoms with Crippen LogP contribution in [0.2, 0.25) is 5.02 Å². The molecule has 100 valence electrons. The normalized spacial score (nSPS) is 10.7. The van der Waals surface area contributed by atoms with Gasteiger partial charge in [-0.05, 0) is 32.4 Å². The summed E-state index contributed by atoms with van der Waals surface area (Å²) in [7, 11) is 0. The Balaban J connectivity index is 3.19. The van der Waals surface area contributed by atoms with Gasteiger partial charge in [0.05, 0.1) is 10.6 Å². The molecule has 0 aliphatic rings. The van der Waals surface area contributed by atoms with Gasteiger partial charge in [0.1, 0.15) is 4.99 Å². The van der Waals surface area contributed by atoms with Gasteiger partial charge < -0.3 is 15.7 Å². The molecule has 0 saturated carbocycles. The summed E-state index contributed by atoms with van der Waals surface area (Å²) in [5.41, 5.74) is 7.39. The summed E-state index contributed by atoms with van der Waals surface area (Å²) in [6.45, 7) is 5.07. The third-order valence-corrected chi connectivity index (χ3v) is 3.25. The molecule has 0 radical (unpaired) electrons. The average Bonchev–Trinajstić information content (AvgIpc) is 2.28. The lowest BCUT2D eigenvalue weighted by Gasteiger charge is -2.31. The minimum Gasteiger partial charge on any atom is -0.396 e. The van der Waals surface area contributed by atoms with Crippen LogP contribution in [0.1, 0.15) is 25.8 Å². The molecular weight excluding hydrogens is 268 g/mol. The first-order chi connectivity index (χ1) is 8.49. The van der Waals surface area contributed by atoms with Crippen LogP contribution in [0.3, 0.4) is 0 Å². The van der Waals surface area contributed by atoms with Gasteiger partial charge in [0.15, 0.2) is 0 Å². The third-order valence-electron chi connectivity index (χ3n) is 2.73. The molecule has 0 aliphatic heterocycles. The molecule has 1 aromatic rings. The van der Waals surface area contributed by atoms with Gasteiger partial charge in [-0.2, -0.15) is 0 Å². The van der Waals surface area contributed by atoms with Gasteiger partial charge in [0, 0.05) is 24.9 Å². The van der Waals surface area contributed by atoms with Crippen molar-refractivity contribution in [3.63, 3.8) is 0 Å². The zero-order chi connectivity index (χ0) is 13.7. The van der Waals surface area contributed by atoms with E-state index in [0.717, 1.165) is 12.2 Å². The summed E-state index contributed by atoms with van der Waals surface area (Å²) in [5, 5.41) is 9.54. The van der Waals surface area contributed by atoms with Crippen LogP contribution in [-0.4, -0.2) is 29.3 Å². The van der Waals surface area contributed by atoms with E-state index in [1.165, 1.54) is 0 Å². The lowest BCUT2D eigenvalue weighted by atomic mass is 10.1. The molecule has 1 rings (SSSR count). The maximum Gasteiger partial charge on any atom is 0.107 e. The van der Waals surface area contributed by atoms with Crippen molar-refractivity contribution in [2.75, 3.05) is 18.1 Å². The molecule has 18 heavy (non-hydrogen) atoms. The summed E-state index contributed by atoms with van der Waals surface area (Å²) >= 11 is 11.2. The second kappa shape index (κ2) is 6.92. The molecule has 0 unspecified atom stereocenters. The molecule has 1 aromatic carbocycles. The molecule has 0 saturated heterocycles. The Bertz CT molecular complexity index is 423. The van der Waals surface area contributed by atoms with Crippen LogP contribution in [0.25, 0.3) is 0 Å². The van der Waals surface area contributed by atoms with E-state index in [0.29, 0.717) is 22.0 Å². The summed E-state index contributed by atoms with van der Waals surface area (Å²) in [6.07, 6.45) is 0.696. The van der Waals surface area contributed by atoms with Crippen molar-refractivity contribution in [2.24, 2.45) is 5.73 Å². The Morgan fingerprint density at radius 2 is 2.17 bits per heavy atom. The van der Waals surface area contributed by atoms with Crippen molar-refractivity contribution >= 4 is 34.5 Å². The minimum atomic E-state index is 0.159. The zero-order valence-electron chi connectivity index (χ0n) is 10.7. The van der Waals surface area contributed by atoms with E-state index in [1.54, 1.807) is 6.07 Å². The largest absolute Gasteiger partial charge is 0.396 e. The Labute approximate surface area is 119 Å². The van der Waals surface area contributed by atoms with Crippen molar-refractivity contribution in [3.05, 3.63) is 28.8 Å². The predicted octanol–water partition coefficient (Wildman–Crippen LogP) is 2.57. The minimum absolute atomic E-state index is 0.159. The molecule has 0 bridgehead atoms. The van der Waals surface area contributed by atoms with Crippen LogP contribution < -0.4 is 10.6 Å². The summed E-state index contributed by atoms with van der Waals surface area (Å²) in [6, 6.07) is 5.90. The number of benzene rings is 1. The van der Waals surface area contributed by atoms with Gasteiger partial charge in [-0.15, -0.1) is 0 Å². The number of anilines is 1. The number of nitrogens with two attached hydrogens (primary N) is 1. The highest BCUT2D eigenvalue weighted by molar-refractivity contribution is 7.80. The first-order valence-corrected chi connectivity index (χ1v) is 6.73. The number of hydrogen-bond donors (Lipinski definition) is 2. The Morgan fingerprint density at radius 3 is 2.67 bits per heavy atom. The van der Waals surface area contributed by atoms with Gasteiger partial charge in [-0.25, -0.2) is 0 Å². The second-order valence-electron chi connectivity index (χ2n) is 4.36. The molecule has 0 aliphatic carbocycles. The van der Waals surface area contributed by atoms with E-state index in [2.05, 4.69) is 18.7 Å². The molecule has 3 N–H and O–H groups in total. The monoisotopic (exact) mass is 286 g/mol. The lowest BCUT2D eigenvalue weighted by molar-refractivity contribution is 0.288. The zero-order valence-corrected chi connectivity index (χ0v) is 12.3. The number of nitrogens with zero attached hydrogens (tertiary/aromatic N) is 1. The quantitative estimate of drug-likeness (QED) is 0.789. The van der Waals surface area contributed by atoms with Crippen LogP contribution in [-0.2, 0) is 0 Å². The predicted molar refractivity (Wildman–Crippen MR) is 81.5 cm³/mol. The van der Waals surface area contributed by atoms with Crippen molar-refractivity contribution < 1.29 is 5.11 Å². The summed E-state index contributed by atoms with van der Waals surface area (Å²) in [5.74, 6) is 0. The van der Waals surface area contributed by atoms with E-state index in [9.17, 15) is 0 Å². The molecule has 0 spiro atoms. The number of aliphatic hydroxyl groups is 1. The molecule has 0 aromatic heterocycles. The topological polar surface area (TPSA) is 49.5 Å². The molecule has 0 atom stereocenters. The molecular formula is C13H19ClN2OS. The number of rotatable bonds is 6. The van der Waals surface area contributed by atoms with Crippen LogP contribution in [0.15, 0.2) is 18.2 Å². The molecule has 3 nitrogen and oxygen atoms in total. The molecule has 5 heteroatoms. The second-order valence-corrected chi connectivity index (χ2v) is 5.21. The van der Waals surface area contributed by atoms with Gasteiger partial charge in [0.2, 0.25) is 0 Å². The van der Waals surface area contributed by atoms with Gasteiger partial charge >= 0.3 is 0 Å². The van der Waals surface area contributed by atoms with E-state index in [1.807, 2.05) is 12.1 Å². The van der Waals surface area contributed by atoms with Gasteiger partial charge in [-0.1, -0.05) is 29.9 Å². The maximum absolute atomic E-state index is 8.97. The van der Waals surface area contributed by atoms with Gasteiger partial charge in [-0.3, -0.25) is 0 Å². The van der Waals surface area contributed by atoms with Crippen LogP contribution in [0.4, 0.5) is 5.69 Å². The highest BCUT2D eigenvalue weighted by Gasteiger charge is 2.17. The summed E-state index contributed by atoms with van der Waals surface area (Å²) < 4.78 is 0. The standard InChI is InChI=1S/C13H19ClN2OS/c1-9(2)16(7-4-8-17)11-6-3-5-10(14)12(11)13(15)18/h3,5-6,9,17H,4,7-8H2,1-2H3,(H2,15,18). The highest BCUT2D eigenvalue weighted by Crippen LogP contribution is 2.29. The van der Waals surface area contributed by atoms with Crippen LogP contribution in [0, 0.1) is 0 Å². The van der Waals surface area contributed by atoms with Crippen molar-refractivity contribution in [1.82, 2.24) is 0 Å². The molecule has 0 heterocycles. The van der Waals surface area contributed by atoms with Gasteiger partial charge in [0.25, 0.3) is 0 Å². The van der Waals surface area contributed by atoms with E-state index >= 15 is 0 Å². The summed E-state index contributed by atoms with van der Waals surface area (Å²) in [4.78, 5) is 2.45. The fraction of sp³-hybridized carbons (Fsp3) is 0.462. The van der Waals surface area contributed by atoms with E-state index < -0.39 is 0 Å².